The van der Waals surface area contributed by atoms with Crippen LogP contribution < -0.4 is 0 Å². The fraction of sp³-hybridized carbons (Fsp3) is 0.865. The van der Waals surface area contributed by atoms with E-state index in [1.807, 2.05) is 13.8 Å². The quantitative estimate of drug-likeness (QED) is 0.175. The highest BCUT2D eigenvalue weighted by atomic mass is 16.3. The number of hydrogen-bond donors (Lipinski definition) is 0. The largest absolute Gasteiger partial charge is 0.336 e. The van der Waals surface area contributed by atoms with Gasteiger partial charge >= 0.3 is 0 Å². The predicted molar refractivity (Wildman–Crippen MR) is 175 cm³/mol. The summed E-state index contributed by atoms with van der Waals surface area (Å²) in [4.78, 5) is 54.0. The Bertz CT molecular complexity index is 1070. The molecule has 3 aliphatic carbocycles. The molecule has 0 radical (unpaired) electrons. The molecule has 43 heavy (non-hydrogen) atoms. The highest BCUT2D eigenvalue weighted by Crippen LogP contribution is 2.66. The van der Waals surface area contributed by atoms with Gasteiger partial charge in [0.1, 0.15) is 0 Å². The lowest BCUT2D eigenvalue weighted by Gasteiger charge is -2.62. The van der Waals surface area contributed by atoms with Gasteiger partial charge in [0.15, 0.2) is 5.78 Å². The molecule has 7 atom stereocenters. The van der Waals surface area contributed by atoms with Gasteiger partial charge < -0.3 is 4.90 Å². The first-order valence-electron chi connectivity index (χ1n) is 17.7. The van der Waals surface area contributed by atoms with Crippen molar-refractivity contribution >= 4 is 17.5 Å². The zero-order chi connectivity index (χ0) is 32.3. The number of allylic oxidation sites excluding steroid dienone is 2. The zero-order valence-electron chi connectivity index (χ0n) is 29.2. The predicted octanol–water partition coefficient (Wildman–Crippen LogP) is 8.96. The van der Waals surface area contributed by atoms with Gasteiger partial charge in [0.2, 0.25) is 5.78 Å². The Morgan fingerprint density at radius 2 is 1.67 bits per heavy atom. The lowest BCUT2D eigenvalue weighted by molar-refractivity contribution is -0.148. The number of hydrogen-bond acceptors (Lipinski definition) is 5. The minimum Gasteiger partial charge on any atom is -0.336 e. The molecule has 0 aromatic carbocycles. The van der Waals surface area contributed by atoms with Crippen LogP contribution in [0.2, 0.25) is 0 Å². The molecule has 6 heteroatoms. The van der Waals surface area contributed by atoms with E-state index in [-0.39, 0.29) is 58.0 Å². The fourth-order valence-corrected chi connectivity index (χ4v) is 10.4. The van der Waals surface area contributed by atoms with Crippen molar-refractivity contribution in [2.75, 3.05) is 13.1 Å². The zero-order valence-corrected chi connectivity index (χ0v) is 29.2. The summed E-state index contributed by atoms with van der Waals surface area (Å²) in [7, 11) is 0. The Morgan fingerprint density at radius 1 is 1.02 bits per heavy atom. The van der Waals surface area contributed by atoms with Gasteiger partial charge in [-0.3, -0.25) is 14.4 Å². The van der Waals surface area contributed by atoms with Crippen LogP contribution in [0, 0.1) is 50.7 Å². The lowest BCUT2D eigenvalue weighted by atomic mass is 9.43. The molecular formula is C37H62N2O4. The number of likely N-dealkylation sites (tertiary alicyclic amines) is 1. The summed E-state index contributed by atoms with van der Waals surface area (Å²) in [6.07, 6.45) is 10.2. The molecule has 0 aromatic heterocycles. The number of amides is 1. The molecule has 4 rings (SSSR count). The first-order valence-corrected chi connectivity index (χ1v) is 17.7. The molecule has 0 bridgehead atoms. The molecule has 0 aromatic rings. The number of carbonyl (C=O) groups excluding carboxylic acids is 3. The van der Waals surface area contributed by atoms with Crippen LogP contribution in [0.4, 0.5) is 0 Å². The Labute approximate surface area is 262 Å². The highest BCUT2D eigenvalue weighted by Gasteiger charge is 2.59. The second kappa shape index (κ2) is 14.1. The Balaban J connectivity index is 0.00000248. The minimum absolute atomic E-state index is 0.0315. The number of nitrogens with zero attached hydrogens (tertiary/aromatic N) is 2. The Morgan fingerprint density at radius 3 is 2.16 bits per heavy atom. The first-order chi connectivity index (χ1) is 20.3. The first kappa shape index (κ1) is 35.6. The third-order valence-corrected chi connectivity index (χ3v) is 12.4. The summed E-state index contributed by atoms with van der Waals surface area (Å²) in [5, 5.41) is 3.58. The lowest BCUT2D eigenvalue weighted by Crippen LogP contribution is -2.55. The van der Waals surface area contributed by atoms with Crippen LogP contribution in [0.1, 0.15) is 140 Å². The van der Waals surface area contributed by atoms with Gasteiger partial charge in [-0.25, -0.2) is 0 Å². The topological polar surface area (TPSA) is 83.9 Å². The van der Waals surface area contributed by atoms with Crippen molar-refractivity contribution < 1.29 is 14.4 Å². The van der Waals surface area contributed by atoms with Crippen molar-refractivity contribution in [1.29, 1.82) is 0 Å². The number of carbonyl (C=O) groups is 3. The van der Waals surface area contributed by atoms with E-state index in [0.717, 1.165) is 75.4 Å². The number of Topliss-reactive ketones (excluding diaryl/α,β-unsaturated/α-hetero) is 2. The molecule has 0 N–H and O–H groups in total. The number of ketones is 2. The van der Waals surface area contributed by atoms with Crippen molar-refractivity contribution in [3.05, 3.63) is 16.1 Å². The van der Waals surface area contributed by atoms with Gasteiger partial charge in [-0.05, 0) is 96.0 Å². The standard InChI is InChI=1S/C35H56N2O4.C2H6/c1-9-13-23(30-24(20-26(38)29(30)22(4)5)31(39)32(40)37-18-12-19-37)25(10-2)35(11-3)17-14-27-33(6,7)28(36-41)15-16-34(27,8)21-35;1-2/h22-25,27-28H,9-21H2,1-8H3;1-2H3. The smallest absolute Gasteiger partial charge is 0.290 e. The van der Waals surface area contributed by atoms with Gasteiger partial charge in [0.25, 0.3) is 5.91 Å². The molecule has 7 unspecified atom stereocenters. The normalized spacial score (nSPS) is 33.2. The molecule has 2 saturated carbocycles. The van der Waals surface area contributed by atoms with E-state index in [1.165, 1.54) is 0 Å². The van der Waals surface area contributed by atoms with E-state index in [2.05, 4.69) is 60.6 Å². The van der Waals surface area contributed by atoms with Gasteiger partial charge in [0.05, 0.1) is 12.0 Å². The summed E-state index contributed by atoms with van der Waals surface area (Å²) in [6, 6.07) is -0.122. The van der Waals surface area contributed by atoms with Crippen LogP contribution >= 0.6 is 0 Å². The van der Waals surface area contributed by atoms with Crippen LogP contribution in [0.15, 0.2) is 16.3 Å². The van der Waals surface area contributed by atoms with Gasteiger partial charge in [-0.1, -0.05) is 93.7 Å². The maximum atomic E-state index is 13.8. The second-order valence-electron chi connectivity index (χ2n) is 15.2. The SMILES string of the molecule is CC.CCCC(C1=C(C(C)C)C(=O)CC1C(=O)C(=O)N1CCC1)C(CC)C1(CC)CCC2C(C)(CCC(N=O)C2(C)C)C1. The fourth-order valence-electron chi connectivity index (χ4n) is 10.4. The Hall–Kier alpha value is -1.85. The molecular weight excluding hydrogens is 536 g/mol. The van der Waals surface area contributed by atoms with Gasteiger partial charge in [0, 0.05) is 19.5 Å². The van der Waals surface area contributed by atoms with Crippen LogP contribution in [-0.4, -0.2) is 41.5 Å². The molecule has 244 valence electrons. The maximum absolute atomic E-state index is 13.8. The monoisotopic (exact) mass is 598 g/mol. The summed E-state index contributed by atoms with van der Waals surface area (Å²) in [5.74, 6) is -0.342. The van der Waals surface area contributed by atoms with Crippen LogP contribution in [-0.2, 0) is 14.4 Å². The van der Waals surface area contributed by atoms with E-state index in [1.54, 1.807) is 4.90 Å². The van der Waals surface area contributed by atoms with E-state index in [0.29, 0.717) is 24.9 Å². The third-order valence-electron chi connectivity index (χ3n) is 12.4. The Kier molecular flexibility index (Phi) is 11.7. The number of nitroso groups, excluding NO2 is 1. The van der Waals surface area contributed by atoms with Gasteiger partial charge in [-0.2, -0.15) is 4.91 Å². The van der Waals surface area contributed by atoms with Crippen LogP contribution in [0.3, 0.4) is 0 Å². The summed E-state index contributed by atoms with van der Waals surface area (Å²) in [6.45, 7) is 23.3. The highest BCUT2D eigenvalue weighted by molar-refractivity contribution is 6.38. The van der Waals surface area contributed by atoms with E-state index < -0.39 is 5.92 Å². The van der Waals surface area contributed by atoms with E-state index >= 15 is 0 Å². The van der Waals surface area contributed by atoms with Crippen LogP contribution in [0.25, 0.3) is 0 Å². The molecule has 6 nitrogen and oxygen atoms in total. The molecule has 1 heterocycles. The summed E-state index contributed by atoms with van der Waals surface area (Å²) >= 11 is 0. The maximum Gasteiger partial charge on any atom is 0.290 e. The average molecular weight is 599 g/mol. The van der Waals surface area contributed by atoms with Crippen molar-refractivity contribution in [2.24, 2.45) is 51.0 Å². The molecule has 1 saturated heterocycles. The van der Waals surface area contributed by atoms with E-state index in [4.69, 9.17) is 0 Å². The van der Waals surface area contributed by atoms with Crippen molar-refractivity contribution in [1.82, 2.24) is 4.90 Å². The van der Waals surface area contributed by atoms with Gasteiger partial charge in [-0.15, -0.1) is 0 Å². The molecule has 0 spiro atoms. The van der Waals surface area contributed by atoms with Crippen molar-refractivity contribution in [3.8, 4) is 0 Å². The van der Waals surface area contributed by atoms with Crippen molar-refractivity contribution in [3.63, 3.8) is 0 Å². The number of fused-ring (bicyclic) bond motifs is 1. The molecule has 1 amide bonds. The molecule has 1 aliphatic heterocycles. The third kappa shape index (κ3) is 6.32. The van der Waals surface area contributed by atoms with Crippen molar-refractivity contribution in [2.45, 2.75) is 146 Å². The minimum atomic E-state index is -0.604. The summed E-state index contributed by atoms with van der Waals surface area (Å²) in [5.41, 5.74) is 1.96. The molecule has 4 aliphatic rings. The average Bonchev–Trinajstić information content (AvgIpc) is 3.29. The summed E-state index contributed by atoms with van der Waals surface area (Å²) < 4.78 is 0. The molecule has 3 fully saturated rings. The second-order valence-corrected chi connectivity index (χ2v) is 15.2. The van der Waals surface area contributed by atoms with E-state index in [9.17, 15) is 19.3 Å². The number of rotatable bonds is 11. The van der Waals surface area contributed by atoms with Crippen LogP contribution in [0.5, 0.6) is 0 Å².